The van der Waals surface area contributed by atoms with Crippen LogP contribution in [0.2, 0.25) is 0 Å². The summed E-state index contributed by atoms with van der Waals surface area (Å²) in [7, 11) is -3.51. The molecule has 0 aliphatic heterocycles. The standard InChI is InChI=1S/C13H20N2O3S/c1-10-13(11(2)18-15-10)19(16,17)14-9-8-12-6-4-3-5-7-12/h6,14H,3-5,7-9H2,1-2H3. The lowest BCUT2D eigenvalue weighted by atomic mass is 9.97. The predicted molar refractivity (Wildman–Crippen MR) is 72.3 cm³/mol. The molecular weight excluding hydrogens is 264 g/mol. The van der Waals surface area contributed by atoms with Gasteiger partial charge in [0.2, 0.25) is 10.0 Å². The summed E-state index contributed by atoms with van der Waals surface area (Å²) >= 11 is 0. The lowest BCUT2D eigenvalue weighted by molar-refractivity contribution is 0.390. The van der Waals surface area contributed by atoms with Crippen molar-refractivity contribution in [3.8, 4) is 0 Å². The van der Waals surface area contributed by atoms with Crippen LogP contribution in [0.25, 0.3) is 0 Å². The van der Waals surface area contributed by atoms with Crippen LogP contribution in [-0.4, -0.2) is 20.1 Å². The first-order valence-electron chi connectivity index (χ1n) is 6.61. The fraction of sp³-hybridized carbons (Fsp3) is 0.615. The van der Waals surface area contributed by atoms with Gasteiger partial charge in [-0.15, -0.1) is 0 Å². The Bertz CT molecular complexity index is 553. The molecule has 1 aliphatic carbocycles. The molecule has 1 N–H and O–H groups in total. The van der Waals surface area contributed by atoms with Crippen molar-refractivity contribution in [1.82, 2.24) is 9.88 Å². The van der Waals surface area contributed by atoms with Crippen LogP contribution in [0.1, 0.15) is 43.6 Å². The third kappa shape index (κ3) is 3.45. The topological polar surface area (TPSA) is 72.2 Å². The van der Waals surface area contributed by atoms with Gasteiger partial charge in [0.1, 0.15) is 10.6 Å². The highest BCUT2D eigenvalue weighted by Gasteiger charge is 2.23. The largest absolute Gasteiger partial charge is 0.360 e. The molecule has 1 aromatic heterocycles. The van der Waals surface area contributed by atoms with E-state index in [1.807, 2.05) is 0 Å². The highest BCUT2D eigenvalue weighted by molar-refractivity contribution is 7.89. The maximum atomic E-state index is 12.1. The molecule has 6 heteroatoms. The van der Waals surface area contributed by atoms with E-state index in [-0.39, 0.29) is 4.90 Å². The summed E-state index contributed by atoms with van der Waals surface area (Å²) in [4.78, 5) is 0.171. The van der Waals surface area contributed by atoms with Crippen LogP contribution in [0, 0.1) is 13.8 Å². The molecule has 19 heavy (non-hydrogen) atoms. The van der Waals surface area contributed by atoms with Crippen LogP contribution in [0.4, 0.5) is 0 Å². The van der Waals surface area contributed by atoms with Crippen LogP contribution < -0.4 is 4.72 Å². The van der Waals surface area contributed by atoms with Crippen LogP contribution in [0.3, 0.4) is 0 Å². The van der Waals surface area contributed by atoms with Crippen molar-refractivity contribution in [2.75, 3.05) is 6.54 Å². The minimum atomic E-state index is -3.51. The van der Waals surface area contributed by atoms with Gasteiger partial charge in [0.15, 0.2) is 5.76 Å². The fourth-order valence-corrected chi connectivity index (χ4v) is 3.77. The van der Waals surface area contributed by atoms with Gasteiger partial charge in [0.05, 0.1) is 0 Å². The van der Waals surface area contributed by atoms with Crippen LogP contribution in [0.15, 0.2) is 21.1 Å². The zero-order valence-corrected chi connectivity index (χ0v) is 12.2. The Labute approximate surface area is 114 Å². The maximum absolute atomic E-state index is 12.1. The molecule has 1 heterocycles. The Kier molecular flexibility index (Phi) is 4.42. The van der Waals surface area contributed by atoms with Gasteiger partial charge < -0.3 is 4.52 Å². The van der Waals surface area contributed by atoms with Crippen molar-refractivity contribution in [2.45, 2.75) is 50.8 Å². The molecule has 1 aliphatic rings. The molecular formula is C13H20N2O3S. The average Bonchev–Trinajstić information content (AvgIpc) is 2.70. The van der Waals surface area contributed by atoms with E-state index in [2.05, 4.69) is 16.0 Å². The first kappa shape index (κ1) is 14.3. The van der Waals surface area contributed by atoms with Gasteiger partial charge >= 0.3 is 0 Å². The van der Waals surface area contributed by atoms with E-state index in [4.69, 9.17) is 4.52 Å². The SMILES string of the molecule is Cc1noc(C)c1S(=O)(=O)NCCC1=CCCCC1. The number of rotatable bonds is 5. The molecule has 0 bridgehead atoms. The van der Waals surface area contributed by atoms with E-state index in [1.54, 1.807) is 13.8 Å². The molecule has 0 atom stereocenters. The van der Waals surface area contributed by atoms with Crippen molar-refractivity contribution < 1.29 is 12.9 Å². The number of allylic oxidation sites excluding steroid dienone is 1. The Hall–Kier alpha value is -1.14. The van der Waals surface area contributed by atoms with Crippen molar-refractivity contribution in [1.29, 1.82) is 0 Å². The molecule has 0 fully saturated rings. The Balaban J connectivity index is 1.97. The zero-order chi connectivity index (χ0) is 13.9. The highest BCUT2D eigenvalue weighted by Crippen LogP contribution is 2.21. The minimum Gasteiger partial charge on any atom is -0.360 e. The number of aromatic nitrogens is 1. The predicted octanol–water partition coefficient (Wildman–Crippen LogP) is 2.46. The number of nitrogens with zero attached hydrogens (tertiary/aromatic N) is 1. The summed E-state index contributed by atoms with van der Waals surface area (Å²) in [5.41, 5.74) is 1.76. The smallest absolute Gasteiger partial charge is 0.245 e. The normalized spacial score (nSPS) is 16.4. The average molecular weight is 284 g/mol. The molecule has 2 rings (SSSR count). The molecule has 5 nitrogen and oxygen atoms in total. The second-order valence-electron chi connectivity index (χ2n) is 4.91. The summed E-state index contributed by atoms with van der Waals surface area (Å²) in [6, 6.07) is 0. The third-order valence-electron chi connectivity index (χ3n) is 3.36. The monoisotopic (exact) mass is 284 g/mol. The number of hydrogen-bond acceptors (Lipinski definition) is 4. The summed E-state index contributed by atoms with van der Waals surface area (Å²) < 4.78 is 31.8. The first-order valence-corrected chi connectivity index (χ1v) is 8.09. The van der Waals surface area contributed by atoms with Gasteiger partial charge in [-0.05, 0) is 46.0 Å². The Morgan fingerprint density at radius 3 is 2.74 bits per heavy atom. The first-order chi connectivity index (χ1) is 9.00. The quantitative estimate of drug-likeness (QED) is 0.843. The maximum Gasteiger partial charge on any atom is 0.245 e. The number of hydrogen-bond donors (Lipinski definition) is 1. The van der Waals surface area contributed by atoms with Crippen molar-refractivity contribution in [3.63, 3.8) is 0 Å². The zero-order valence-electron chi connectivity index (χ0n) is 11.4. The van der Waals surface area contributed by atoms with Gasteiger partial charge in [0, 0.05) is 6.54 Å². The Morgan fingerprint density at radius 1 is 1.37 bits per heavy atom. The summed E-state index contributed by atoms with van der Waals surface area (Å²) in [5.74, 6) is 0.335. The fourth-order valence-electron chi connectivity index (χ4n) is 2.41. The van der Waals surface area contributed by atoms with Crippen LogP contribution >= 0.6 is 0 Å². The second kappa shape index (κ2) is 5.88. The van der Waals surface area contributed by atoms with E-state index in [0.717, 1.165) is 19.3 Å². The van der Waals surface area contributed by atoms with E-state index in [9.17, 15) is 8.42 Å². The van der Waals surface area contributed by atoms with E-state index < -0.39 is 10.0 Å². The number of aryl methyl sites for hydroxylation is 2. The van der Waals surface area contributed by atoms with Gasteiger partial charge in [0.25, 0.3) is 0 Å². The molecule has 0 saturated heterocycles. The molecule has 0 amide bonds. The Morgan fingerprint density at radius 2 is 2.16 bits per heavy atom. The molecule has 1 aromatic rings. The van der Waals surface area contributed by atoms with Crippen molar-refractivity contribution in [2.24, 2.45) is 0 Å². The number of sulfonamides is 1. The molecule has 106 valence electrons. The highest BCUT2D eigenvalue weighted by atomic mass is 32.2. The van der Waals surface area contributed by atoms with Gasteiger partial charge in [-0.25, -0.2) is 13.1 Å². The van der Waals surface area contributed by atoms with Crippen molar-refractivity contribution >= 4 is 10.0 Å². The van der Waals surface area contributed by atoms with Gasteiger partial charge in [-0.3, -0.25) is 0 Å². The molecule has 0 saturated carbocycles. The minimum absolute atomic E-state index is 0.171. The van der Waals surface area contributed by atoms with E-state index in [0.29, 0.717) is 18.0 Å². The number of nitrogens with one attached hydrogen (secondary N) is 1. The summed E-state index contributed by atoms with van der Waals surface area (Å²) in [6.45, 7) is 3.67. The van der Waals surface area contributed by atoms with Gasteiger partial charge in [-0.2, -0.15) is 0 Å². The lowest BCUT2D eigenvalue weighted by Crippen LogP contribution is -2.26. The molecule has 0 radical (unpaired) electrons. The van der Waals surface area contributed by atoms with Gasteiger partial charge in [-0.1, -0.05) is 16.8 Å². The summed E-state index contributed by atoms with van der Waals surface area (Å²) in [6.07, 6.45) is 7.67. The third-order valence-corrected chi connectivity index (χ3v) is 5.06. The van der Waals surface area contributed by atoms with Crippen LogP contribution in [0.5, 0.6) is 0 Å². The van der Waals surface area contributed by atoms with Crippen molar-refractivity contribution in [3.05, 3.63) is 23.1 Å². The van der Waals surface area contributed by atoms with E-state index >= 15 is 0 Å². The molecule has 0 spiro atoms. The van der Waals surface area contributed by atoms with Crippen LogP contribution in [-0.2, 0) is 10.0 Å². The van der Waals surface area contributed by atoms with E-state index in [1.165, 1.54) is 18.4 Å². The summed E-state index contributed by atoms with van der Waals surface area (Å²) in [5, 5.41) is 3.67. The molecule has 0 unspecified atom stereocenters. The molecule has 0 aromatic carbocycles. The lowest BCUT2D eigenvalue weighted by Gasteiger charge is -2.13. The second-order valence-corrected chi connectivity index (χ2v) is 6.61.